The molecule has 16 heavy (non-hydrogen) atoms. The first-order valence-corrected chi connectivity index (χ1v) is 6.79. The molecule has 1 aromatic rings. The SMILES string of the molecule is O=C(NCCCCCI)c1cc[nH]c(=O)c1. The van der Waals surface area contributed by atoms with Crippen molar-refractivity contribution in [3.05, 3.63) is 34.2 Å². The highest BCUT2D eigenvalue weighted by Gasteiger charge is 2.04. The van der Waals surface area contributed by atoms with E-state index in [0.717, 1.165) is 17.3 Å². The van der Waals surface area contributed by atoms with Gasteiger partial charge in [-0.2, -0.15) is 0 Å². The van der Waals surface area contributed by atoms with E-state index < -0.39 is 0 Å². The van der Waals surface area contributed by atoms with Crippen LogP contribution in [0.25, 0.3) is 0 Å². The fraction of sp³-hybridized carbons (Fsp3) is 0.455. The Morgan fingerprint density at radius 3 is 2.88 bits per heavy atom. The highest BCUT2D eigenvalue weighted by Crippen LogP contribution is 1.98. The minimum absolute atomic E-state index is 0.180. The van der Waals surface area contributed by atoms with Gasteiger partial charge in [0.1, 0.15) is 0 Å². The van der Waals surface area contributed by atoms with E-state index in [9.17, 15) is 9.59 Å². The molecular weight excluding hydrogens is 319 g/mol. The van der Waals surface area contributed by atoms with Crippen LogP contribution in [0.15, 0.2) is 23.1 Å². The predicted octanol–water partition coefficient (Wildman–Crippen LogP) is 1.71. The van der Waals surface area contributed by atoms with Gasteiger partial charge in [0.05, 0.1) is 0 Å². The molecule has 2 N–H and O–H groups in total. The number of hydrogen-bond donors (Lipinski definition) is 2. The minimum atomic E-state index is -0.252. The maximum Gasteiger partial charge on any atom is 0.251 e. The molecule has 5 heteroatoms. The number of aromatic amines is 1. The molecule has 1 heterocycles. The van der Waals surface area contributed by atoms with Crippen LogP contribution in [0.5, 0.6) is 0 Å². The number of halogens is 1. The van der Waals surface area contributed by atoms with Crippen LogP contribution in [-0.4, -0.2) is 21.9 Å². The number of carbonyl (C=O) groups excluding carboxylic acids is 1. The first-order valence-electron chi connectivity index (χ1n) is 5.27. The van der Waals surface area contributed by atoms with E-state index in [0.29, 0.717) is 12.1 Å². The van der Waals surface area contributed by atoms with Gasteiger partial charge in [0.15, 0.2) is 0 Å². The van der Waals surface area contributed by atoms with Crippen LogP contribution in [0.3, 0.4) is 0 Å². The zero-order valence-electron chi connectivity index (χ0n) is 8.96. The predicted molar refractivity (Wildman–Crippen MR) is 72.1 cm³/mol. The molecule has 0 aromatic carbocycles. The van der Waals surface area contributed by atoms with Crippen molar-refractivity contribution >= 4 is 28.5 Å². The monoisotopic (exact) mass is 334 g/mol. The summed E-state index contributed by atoms with van der Waals surface area (Å²) in [6.45, 7) is 0.669. The number of carbonyl (C=O) groups is 1. The van der Waals surface area contributed by atoms with Gasteiger partial charge >= 0.3 is 0 Å². The van der Waals surface area contributed by atoms with Crippen LogP contribution in [0, 0.1) is 0 Å². The highest BCUT2D eigenvalue weighted by molar-refractivity contribution is 14.1. The number of aromatic nitrogens is 1. The molecule has 0 saturated carbocycles. The van der Waals surface area contributed by atoms with Crippen molar-refractivity contribution in [2.24, 2.45) is 0 Å². The summed E-state index contributed by atoms with van der Waals surface area (Å²) in [5, 5.41) is 2.79. The third-order valence-electron chi connectivity index (χ3n) is 2.13. The van der Waals surface area contributed by atoms with Crippen LogP contribution < -0.4 is 10.9 Å². The summed E-state index contributed by atoms with van der Waals surface area (Å²) >= 11 is 2.34. The number of H-pyrrole nitrogens is 1. The standard InChI is InChI=1S/C11H15IN2O2/c12-5-2-1-3-6-14-11(16)9-4-7-13-10(15)8-9/h4,7-8H,1-3,5-6H2,(H,13,15)(H,14,16). The molecule has 0 unspecified atom stereocenters. The van der Waals surface area contributed by atoms with Crippen molar-refractivity contribution in [3.8, 4) is 0 Å². The van der Waals surface area contributed by atoms with E-state index in [1.807, 2.05) is 0 Å². The molecule has 0 atom stereocenters. The summed E-state index contributed by atoms with van der Waals surface area (Å²) in [7, 11) is 0. The molecule has 0 aliphatic carbocycles. The first-order chi connectivity index (χ1) is 7.74. The third-order valence-corrected chi connectivity index (χ3v) is 2.90. The molecule has 0 aliphatic rings. The molecule has 1 aromatic heterocycles. The summed E-state index contributed by atoms with van der Waals surface area (Å²) in [6.07, 6.45) is 4.77. The van der Waals surface area contributed by atoms with Gasteiger partial charge in [-0.05, 0) is 23.3 Å². The lowest BCUT2D eigenvalue weighted by Crippen LogP contribution is -2.25. The van der Waals surface area contributed by atoms with E-state index in [4.69, 9.17) is 0 Å². The van der Waals surface area contributed by atoms with Gasteiger partial charge in [-0.25, -0.2) is 0 Å². The Labute approximate surface area is 108 Å². The van der Waals surface area contributed by atoms with E-state index in [2.05, 4.69) is 32.9 Å². The van der Waals surface area contributed by atoms with Crippen LogP contribution in [0.2, 0.25) is 0 Å². The maximum atomic E-state index is 11.6. The minimum Gasteiger partial charge on any atom is -0.352 e. The third kappa shape index (κ3) is 4.78. The smallest absolute Gasteiger partial charge is 0.251 e. The van der Waals surface area contributed by atoms with Crippen LogP contribution in [-0.2, 0) is 0 Å². The zero-order chi connectivity index (χ0) is 11.8. The highest BCUT2D eigenvalue weighted by atomic mass is 127. The second kappa shape index (κ2) is 7.43. The summed E-state index contributed by atoms with van der Waals surface area (Å²) in [5.41, 5.74) is 0.162. The fourth-order valence-corrected chi connectivity index (χ4v) is 1.83. The van der Waals surface area contributed by atoms with Crippen molar-refractivity contribution in [1.29, 1.82) is 0 Å². The second-order valence-corrected chi connectivity index (χ2v) is 4.53. The topological polar surface area (TPSA) is 62.0 Å². The van der Waals surface area contributed by atoms with Gasteiger partial charge < -0.3 is 10.3 Å². The maximum absolute atomic E-state index is 11.6. The van der Waals surface area contributed by atoms with Crippen LogP contribution in [0.4, 0.5) is 0 Å². The molecule has 88 valence electrons. The quantitative estimate of drug-likeness (QED) is 0.473. The normalized spacial score (nSPS) is 10.1. The Morgan fingerprint density at radius 1 is 1.38 bits per heavy atom. The van der Waals surface area contributed by atoms with Gasteiger partial charge in [0.2, 0.25) is 5.56 Å². The molecule has 0 aliphatic heterocycles. The molecule has 0 bridgehead atoms. The van der Waals surface area contributed by atoms with Crippen molar-refractivity contribution in [1.82, 2.24) is 10.3 Å². The summed E-state index contributed by atoms with van der Waals surface area (Å²) < 4.78 is 1.15. The number of nitrogens with one attached hydrogen (secondary N) is 2. The van der Waals surface area contributed by atoms with Crippen molar-refractivity contribution in [2.75, 3.05) is 11.0 Å². The number of unbranched alkanes of at least 4 members (excludes halogenated alkanes) is 2. The molecule has 0 saturated heterocycles. The van der Waals surface area contributed by atoms with Crippen molar-refractivity contribution in [3.63, 3.8) is 0 Å². The molecule has 0 fully saturated rings. The number of amides is 1. The first kappa shape index (κ1) is 13.2. The zero-order valence-corrected chi connectivity index (χ0v) is 11.1. The Bertz CT molecular complexity index is 390. The largest absolute Gasteiger partial charge is 0.352 e. The van der Waals surface area contributed by atoms with Gasteiger partial charge in [-0.1, -0.05) is 29.0 Å². The van der Waals surface area contributed by atoms with Crippen molar-refractivity contribution in [2.45, 2.75) is 19.3 Å². The fourth-order valence-electron chi connectivity index (χ4n) is 1.29. The van der Waals surface area contributed by atoms with E-state index in [-0.39, 0.29) is 11.5 Å². The van der Waals surface area contributed by atoms with Gasteiger partial charge in [-0.3, -0.25) is 9.59 Å². The van der Waals surface area contributed by atoms with Crippen molar-refractivity contribution < 1.29 is 4.79 Å². The molecule has 0 radical (unpaired) electrons. The van der Waals surface area contributed by atoms with Gasteiger partial charge in [0.25, 0.3) is 5.91 Å². The molecule has 1 amide bonds. The average molecular weight is 334 g/mol. The molecule has 0 spiro atoms. The number of rotatable bonds is 6. The number of hydrogen-bond acceptors (Lipinski definition) is 2. The number of pyridine rings is 1. The summed E-state index contributed by atoms with van der Waals surface area (Å²) in [6, 6.07) is 2.90. The van der Waals surface area contributed by atoms with Crippen LogP contribution >= 0.6 is 22.6 Å². The Morgan fingerprint density at radius 2 is 2.19 bits per heavy atom. The van der Waals surface area contributed by atoms with Gasteiger partial charge in [-0.15, -0.1) is 0 Å². The molecular formula is C11H15IN2O2. The summed E-state index contributed by atoms with van der Waals surface area (Å²) in [4.78, 5) is 25.0. The van der Waals surface area contributed by atoms with E-state index in [1.54, 1.807) is 6.07 Å². The average Bonchev–Trinajstić information content (AvgIpc) is 2.28. The molecule has 4 nitrogen and oxygen atoms in total. The van der Waals surface area contributed by atoms with E-state index in [1.165, 1.54) is 18.7 Å². The lowest BCUT2D eigenvalue weighted by Gasteiger charge is -2.03. The van der Waals surface area contributed by atoms with Gasteiger partial charge in [0, 0.05) is 24.4 Å². The van der Waals surface area contributed by atoms with E-state index >= 15 is 0 Å². The number of alkyl halides is 1. The second-order valence-electron chi connectivity index (χ2n) is 3.45. The Balaban J connectivity index is 2.33. The lowest BCUT2D eigenvalue weighted by atomic mass is 10.2. The molecule has 1 rings (SSSR count). The van der Waals surface area contributed by atoms with Crippen LogP contribution in [0.1, 0.15) is 29.6 Å². The lowest BCUT2D eigenvalue weighted by molar-refractivity contribution is 0.0953. The Kier molecular flexibility index (Phi) is 6.14. The Hall–Kier alpha value is -0.850. The summed E-state index contributed by atoms with van der Waals surface area (Å²) in [5.74, 6) is -0.180.